The molecule has 0 aliphatic carbocycles. The van der Waals surface area contributed by atoms with Crippen LogP contribution in [0.4, 0.5) is 0 Å². The number of carbonyl (C=O) groups is 1. The molecule has 30 heavy (non-hydrogen) atoms. The van der Waals surface area contributed by atoms with Crippen molar-refractivity contribution in [3.05, 3.63) is 74.9 Å². The van der Waals surface area contributed by atoms with Crippen molar-refractivity contribution < 1.29 is 19.7 Å². The summed E-state index contributed by atoms with van der Waals surface area (Å²) >= 11 is 12.3. The fourth-order valence-electron chi connectivity index (χ4n) is 3.09. The molecule has 2 aromatic carbocycles. The summed E-state index contributed by atoms with van der Waals surface area (Å²) < 4.78 is 7.46. The number of aryl methyl sites for hydroxylation is 2. The predicted octanol–water partition coefficient (Wildman–Crippen LogP) is 4.87. The zero-order valence-corrected chi connectivity index (χ0v) is 18.1. The number of aliphatic hydroxyl groups excluding tert-OH is 1. The zero-order chi connectivity index (χ0) is 22.0. The van der Waals surface area contributed by atoms with Crippen molar-refractivity contribution in [2.24, 2.45) is 7.05 Å². The number of hydrogen-bond donors (Lipinski definition) is 3. The summed E-state index contributed by atoms with van der Waals surface area (Å²) in [5, 5.41) is 27.9. The van der Waals surface area contributed by atoms with Gasteiger partial charge in [0.25, 0.3) is 0 Å². The summed E-state index contributed by atoms with van der Waals surface area (Å²) in [6.45, 7) is 3.62. The van der Waals surface area contributed by atoms with E-state index < -0.39 is 12.2 Å². The van der Waals surface area contributed by atoms with Crippen LogP contribution in [0.3, 0.4) is 0 Å². The molecule has 0 saturated heterocycles. The van der Waals surface area contributed by atoms with Crippen LogP contribution in [0.5, 0.6) is 11.6 Å². The summed E-state index contributed by atoms with van der Waals surface area (Å²) in [4.78, 5) is 11.0. The van der Waals surface area contributed by atoms with Crippen LogP contribution < -0.4 is 10.1 Å². The number of carboxylic acid groups (broad SMARTS) is 1. The van der Waals surface area contributed by atoms with Crippen LogP contribution in [0, 0.1) is 6.92 Å². The van der Waals surface area contributed by atoms with Gasteiger partial charge in [-0.1, -0.05) is 41.4 Å². The minimum absolute atomic E-state index is 0.198. The second-order valence-corrected chi connectivity index (χ2v) is 7.59. The molecule has 1 heterocycles. The molecule has 0 aliphatic rings. The number of carboxylic acids is 1. The highest BCUT2D eigenvalue weighted by atomic mass is 35.5. The molecule has 3 N–H and O–H groups in total. The number of rotatable bonds is 7. The molecule has 1 aromatic heterocycles. The number of aromatic carboxylic acids is 1. The smallest absolute Gasteiger partial charge is 0.335 e. The van der Waals surface area contributed by atoms with Crippen molar-refractivity contribution in [2.45, 2.75) is 26.1 Å². The van der Waals surface area contributed by atoms with E-state index in [2.05, 4.69) is 10.4 Å². The Hall–Kier alpha value is -2.58. The Morgan fingerprint density at radius 3 is 2.50 bits per heavy atom. The largest absolute Gasteiger partial charge is 0.478 e. The molecule has 158 valence electrons. The minimum atomic E-state index is -1.10. The van der Waals surface area contributed by atoms with E-state index in [0.29, 0.717) is 27.9 Å². The summed E-state index contributed by atoms with van der Waals surface area (Å²) in [7, 11) is 1.70. The van der Waals surface area contributed by atoms with Gasteiger partial charge in [-0.05, 0) is 43.7 Å². The average molecular weight is 450 g/mol. The summed E-state index contributed by atoms with van der Waals surface area (Å²) in [6, 6.07) is 11.2. The molecule has 2 unspecified atom stereocenters. The van der Waals surface area contributed by atoms with Crippen molar-refractivity contribution in [3.8, 4) is 11.6 Å². The number of aliphatic hydroxyl groups is 1. The lowest BCUT2D eigenvalue weighted by Crippen LogP contribution is -2.25. The normalized spacial score (nSPS) is 13.1. The highest BCUT2D eigenvalue weighted by Crippen LogP contribution is 2.37. The van der Waals surface area contributed by atoms with E-state index in [4.69, 9.17) is 33.0 Å². The SMILES string of the molecule is Cc1nn(C)c(Oc2cccc(Cl)c2Cl)c1C(O)NC(C)c1ccc(C(=O)O)cc1. The van der Waals surface area contributed by atoms with Crippen LogP contribution in [-0.4, -0.2) is 26.0 Å². The van der Waals surface area contributed by atoms with Gasteiger partial charge in [-0.2, -0.15) is 5.10 Å². The number of nitrogens with zero attached hydrogens (tertiary/aromatic N) is 2. The van der Waals surface area contributed by atoms with Gasteiger partial charge in [-0.25, -0.2) is 9.48 Å². The zero-order valence-electron chi connectivity index (χ0n) is 16.6. The van der Waals surface area contributed by atoms with Crippen LogP contribution in [0.1, 0.15) is 46.4 Å². The fraction of sp³-hybridized carbons (Fsp3) is 0.238. The Bertz CT molecular complexity index is 1070. The summed E-state index contributed by atoms with van der Waals surface area (Å²) in [6.07, 6.45) is -1.10. The van der Waals surface area contributed by atoms with Gasteiger partial charge in [0.1, 0.15) is 17.0 Å². The van der Waals surface area contributed by atoms with E-state index in [-0.39, 0.29) is 16.6 Å². The van der Waals surface area contributed by atoms with Crippen LogP contribution in [-0.2, 0) is 7.05 Å². The lowest BCUT2D eigenvalue weighted by molar-refractivity contribution is 0.0696. The molecule has 0 fully saturated rings. The Labute approximate surface area is 183 Å². The van der Waals surface area contributed by atoms with Crippen molar-refractivity contribution in [2.75, 3.05) is 0 Å². The van der Waals surface area contributed by atoms with Gasteiger partial charge >= 0.3 is 5.97 Å². The molecule has 0 aliphatic heterocycles. The fourth-order valence-corrected chi connectivity index (χ4v) is 3.42. The third-order valence-electron chi connectivity index (χ3n) is 4.68. The maximum Gasteiger partial charge on any atom is 0.335 e. The molecule has 0 radical (unpaired) electrons. The van der Waals surface area contributed by atoms with E-state index in [0.717, 1.165) is 5.56 Å². The first-order valence-corrected chi connectivity index (χ1v) is 9.87. The molecule has 9 heteroatoms. The second-order valence-electron chi connectivity index (χ2n) is 6.80. The van der Waals surface area contributed by atoms with E-state index >= 15 is 0 Å². The molecule has 2 atom stereocenters. The number of halogens is 2. The van der Waals surface area contributed by atoms with Gasteiger partial charge in [-0.3, -0.25) is 5.32 Å². The Morgan fingerprint density at radius 2 is 1.87 bits per heavy atom. The number of ether oxygens (including phenoxy) is 1. The Morgan fingerprint density at radius 1 is 1.20 bits per heavy atom. The standard InChI is InChI=1S/C21H21Cl2N3O4/c1-11(13-7-9-14(10-8-13)21(28)29)24-19(27)17-12(2)25-26(3)20(17)30-16-6-4-5-15(22)18(16)23/h4-11,19,24,27H,1-3H3,(H,28,29). The van der Waals surface area contributed by atoms with Crippen molar-refractivity contribution in [3.63, 3.8) is 0 Å². The maximum atomic E-state index is 11.0. The van der Waals surface area contributed by atoms with Crippen molar-refractivity contribution >= 4 is 29.2 Å². The van der Waals surface area contributed by atoms with Gasteiger partial charge in [0.2, 0.25) is 5.88 Å². The quantitative estimate of drug-likeness (QED) is 0.445. The van der Waals surface area contributed by atoms with E-state index in [1.165, 1.54) is 16.8 Å². The molecular weight excluding hydrogens is 429 g/mol. The number of aromatic nitrogens is 2. The third kappa shape index (κ3) is 4.60. The van der Waals surface area contributed by atoms with Gasteiger partial charge in [0.15, 0.2) is 0 Å². The van der Waals surface area contributed by atoms with E-state index in [9.17, 15) is 9.90 Å². The molecule has 0 spiro atoms. The molecule has 0 saturated carbocycles. The first-order valence-electron chi connectivity index (χ1n) is 9.11. The van der Waals surface area contributed by atoms with Crippen molar-refractivity contribution in [1.29, 1.82) is 0 Å². The molecule has 3 rings (SSSR count). The lowest BCUT2D eigenvalue weighted by atomic mass is 10.1. The minimum Gasteiger partial charge on any atom is -0.478 e. The monoisotopic (exact) mass is 449 g/mol. The molecule has 7 nitrogen and oxygen atoms in total. The number of nitrogens with one attached hydrogen (secondary N) is 1. The Balaban J connectivity index is 1.84. The van der Waals surface area contributed by atoms with Crippen molar-refractivity contribution in [1.82, 2.24) is 15.1 Å². The molecular formula is C21H21Cl2N3O4. The molecule has 0 bridgehead atoms. The third-order valence-corrected chi connectivity index (χ3v) is 5.48. The van der Waals surface area contributed by atoms with Gasteiger partial charge in [-0.15, -0.1) is 0 Å². The van der Waals surface area contributed by atoms with E-state index in [1.807, 2.05) is 6.92 Å². The second kappa shape index (κ2) is 9.06. The van der Waals surface area contributed by atoms with Gasteiger partial charge in [0, 0.05) is 13.1 Å². The first kappa shape index (κ1) is 22.1. The van der Waals surface area contributed by atoms with Crippen LogP contribution in [0.2, 0.25) is 10.0 Å². The van der Waals surface area contributed by atoms with Gasteiger partial charge in [0.05, 0.1) is 21.8 Å². The average Bonchev–Trinajstić information content (AvgIpc) is 2.98. The number of benzene rings is 2. The highest BCUT2D eigenvalue weighted by Gasteiger charge is 2.25. The van der Waals surface area contributed by atoms with Gasteiger partial charge < -0.3 is 14.9 Å². The van der Waals surface area contributed by atoms with E-state index in [1.54, 1.807) is 44.3 Å². The number of hydrogen-bond acceptors (Lipinski definition) is 5. The lowest BCUT2D eigenvalue weighted by Gasteiger charge is -2.21. The summed E-state index contributed by atoms with van der Waals surface area (Å²) in [5.41, 5.74) is 2.06. The first-order chi connectivity index (χ1) is 14.2. The predicted molar refractivity (Wildman–Crippen MR) is 114 cm³/mol. The maximum absolute atomic E-state index is 11.0. The van der Waals surface area contributed by atoms with Crippen LogP contribution >= 0.6 is 23.2 Å². The topological polar surface area (TPSA) is 96.6 Å². The van der Waals surface area contributed by atoms with Crippen LogP contribution in [0.15, 0.2) is 42.5 Å². The molecule has 0 amide bonds. The Kier molecular flexibility index (Phi) is 6.67. The van der Waals surface area contributed by atoms with Crippen LogP contribution in [0.25, 0.3) is 0 Å². The highest BCUT2D eigenvalue weighted by molar-refractivity contribution is 6.42. The summed E-state index contributed by atoms with van der Waals surface area (Å²) in [5.74, 6) is -0.322. The molecule has 3 aromatic rings.